The first-order valence-corrected chi connectivity index (χ1v) is 31.8. The standard InChI is InChI=1S/C65H122O6/c1-4-7-10-13-16-19-22-24-26-28-30-31-32-33-35-36-38-40-43-46-49-52-55-58-64(67)70-61-62(60-69-63(66)57-54-51-48-45-42-21-18-15-12-9-6-3)71-65(68)59-56-53-50-47-44-41-39-37-34-29-27-25-23-20-17-14-11-8-5-2/h17,20,25,27,62H,4-16,18-19,21-24,26,28-61H2,1-3H3/b20-17-,27-25-. The Bertz CT molecular complexity index is 1150. The van der Waals surface area contributed by atoms with Crippen LogP contribution < -0.4 is 0 Å². The van der Waals surface area contributed by atoms with E-state index in [1.807, 2.05) is 0 Å². The number of carbonyl (C=O) groups excluding carboxylic acids is 3. The van der Waals surface area contributed by atoms with Crippen LogP contribution in [0, 0.1) is 0 Å². The van der Waals surface area contributed by atoms with E-state index in [-0.39, 0.29) is 31.1 Å². The highest BCUT2D eigenvalue weighted by atomic mass is 16.6. The van der Waals surface area contributed by atoms with Gasteiger partial charge in [-0.3, -0.25) is 14.4 Å². The molecular weight excluding hydrogens is 877 g/mol. The molecule has 6 heteroatoms. The second-order valence-corrected chi connectivity index (χ2v) is 21.7. The highest BCUT2D eigenvalue weighted by molar-refractivity contribution is 5.71. The van der Waals surface area contributed by atoms with E-state index in [4.69, 9.17) is 14.2 Å². The third-order valence-electron chi connectivity index (χ3n) is 14.5. The average molecular weight is 1000 g/mol. The number of ether oxygens (including phenoxy) is 3. The maximum Gasteiger partial charge on any atom is 0.306 e. The second kappa shape index (κ2) is 60.4. The number of allylic oxidation sites excluding steroid dienone is 4. The molecule has 0 bridgehead atoms. The fraction of sp³-hybridized carbons (Fsp3) is 0.892. The van der Waals surface area contributed by atoms with Crippen molar-refractivity contribution < 1.29 is 28.6 Å². The molecule has 0 aliphatic heterocycles. The van der Waals surface area contributed by atoms with Crippen molar-refractivity contribution in [2.24, 2.45) is 0 Å². The van der Waals surface area contributed by atoms with Gasteiger partial charge >= 0.3 is 17.9 Å². The third kappa shape index (κ3) is 58.7. The molecule has 0 aromatic heterocycles. The first-order chi connectivity index (χ1) is 35.0. The van der Waals surface area contributed by atoms with Crippen molar-refractivity contribution in [3.63, 3.8) is 0 Å². The number of esters is 3. The Morgan fingerprint density at radius 1 is 0.282 bits per heavy atom. The van der Waals surface area contributed by atoms with Gasteiger partial charge in [0.05, 0.1) is 0 Å². The van der Waals surface area contributed by atoms with E-state index in [9.17, 15) is 14.4 Å². The van der Waals surface area contributed by atoms with Gasteiger partial charge in [0.25, 0.3) is 0 Å². The van der Waals surface area contributed by atoms with Gasteiger partial charge in [0.2, 0.25) is 0 Å². The van der Waals surface area contributed by atoms with Crippen LogP contribution in [0.5, 0.6) is 0 Å². The number of unbranched alkanes of at least 4 members (excludes halogenated alkanes) is 44. The average Bonchev–Trinajstić information content (AvgIpc) is 3.37. The van der Waals surface area contributed by atoms with Crippen molar-refractivity contribution in [3.05, 3.63) is 24.3 Å². The fourth-order valence-electron chi connectivity index (χ4n) is 9.65. The van der Waals surface area contributed by atoms with Crippen molar-refractivity contribution in [1.29, 1.82) is 0 Å². The zero-order valence-corrected chi connectivity index (χ0v) is 48.0. The monoisotopic (exact) mass is 999 g/mol. The predicted molar refractivity (Wildman–Crippen MR) is 307 cm³/mol. The first kappa shape index (κ1) is 68.9. The molecular formula is C65H122O6. The number of rotatable bonds is 59. The summed E-state index contributed by atoms with van der Waals surface area (Å²) in [5.41, 5.74) is 0. The van der Waals surface area contributed by atoms with Gasteiger partial charge in [-0.25, -0.2) is 0 Å². The molecule has 0 aromatic rings. The largest absolute Gasteiger partial charge is 0.462 e. The Kier molecular flexibility index (Phi) is 58.6. The van der Waals surface area contributed by atoms with Gasteiger partial charge in [-0.1, -0.05) is 308 Å². The lowest BCUT2D eigenvalue weighted by Gasteiger charge is -2.18. The molecule has 0 amide bonds. The summed E-state index contributed by atoms with van der Waals surface area (Å²) >= 11 is 0. The molecule has 71 heavy (non-hydrogen) atoms. The molecule has 0 radical (unpaired) electrons. The van der Waals surface area contributed by atoms with Crippen molar-refractivity contribution >= 4 is 17.9 Å². The highest BCUT2D eigenvalue weighted by Gasteiger charge is 2.19. The molecule has 0 heterocycles. The molecule has 0 aromatic carbocycles. The van der Waals surface area contributed by atoms with Crippen LogP contribution in [-0.2, 0) is 28.6 Å². The molecule has 6 nitrogen and oxygen atoms in total. The van der Waals surface area contributed by atoms with E-state index in [0.717, 1.165) is 64.2 Å². The molecule has 0 N–H and O–H groups in total. The quantitative estimate of drug-likeness (QED) is 0.0261. The van der Waals surface area contributed by atoms with Crippen LogP contribution in [0.3, 0.4) is 0 Å². The zero-order chi connectivity index (χ0) is 51.4. The summed E-state index contributed by atoms with van der Waals surface area (Å²) in [4.78, 5) is 38.2. The second-order valence-electron chi connectivity index (χ2n) is 21.7. The summed E-state index contributed by atoms with van der Waals surface area (Å²) in [5.74, 6) is -0.846. The van der Waals surface area contributed by atoms with E-state index in [2.05, 4.69) is 45.1 Å². The van der Waals surface area contributed by atoms with Gasteiger partial charge in [-0.2, -0.15) is 0 Å². The number of carbonyl (C=O) groups is 3. The van der Waals surface area contributed by atoms with E-state index >= 15 is 0 Å². The fourth-order valence-corrected chi connectivity index (χ4v) is 9.65. The Morgan fingerprint density at radius 2 is 0.507 bits per heavy atom. The lowest BCUT2D eigenvalue weighted by molar-refractivity contribution is -0.167. The maximum absolute atomic E-state index is 12.9. The summed E-state index contributed by atoms with van der Waals surface area (Å²) < 4.78 is 16.9. The van der Waals surface area contributed by atoms with Gasteiger partial charge in [-0.15, -0.1) is 0 Å². The van der Waals surface area contributed by atoms with Gasteiger partial charge in [0, 0.05) is 19.3 Å². The molecule has 0 fully saturated rings. The predicted octanol–water partition coefficient (Wildman–Crippen LogP) is 21.4. The zero-order valence-electron chi connectivity index (χ0n) is 48.0. The Labute approximate surface area is 443 Å². The van der Waals surface area contributed by atoms with E-state index in [1.165, 1.54) is 250 Å². The van der Waals surface area contributed by atoms with Crippen LogP contribution in [0.1, 0.15) is 355 Å². The lowest BCUT2D eigenvalue weighted by atomic mass is 10.0. The SMILES string of the molecule is CCCCC/C=C\C/C=C\CCCCCCCCCCCC(=O)OC(COC(=O)CCCCCCCCCCCCC)COC(=O)CCCCCCCCCCCCCCCCCCCCCCCCC. The summed E-state index contributed by atoms with van der Waals surface area (Å²) in [7, 11) is 0. The van der Waals surface area contributed by atoms with Crippen molar-refractivity contribution in [2.75, 3.05) is 13.2 Å². The van der Waals surface area contributed by atoms with Crippen molar-refractivity contribution in [2.45, 2.75) is 361 Å². The molecule has 0 aliphatic carbocycles. The van der Waals surface area contributed by atoms with Crippen LogP contribution >= 0.6 is 0 Å². The minimum Gasteiger partial charge on any atom is -0.462 e. The van der Waals surface area contributed by atoms with Gasteiger partial charge in [0.15, 0.2) is 6.10 Å². The summed E-state index contributed by atoms with van der Waals surface area (Å²) in [6, 6.07) is 0. The third-order valence-corrected chi connectivity index (χ3v) is 14.5. The minimum atomic E-state index is -0.769. The maximum atomic E-state index is 12.9. The van der Waals surface area contributed by atoms with Crippen LogP contribution in [-0.4, -0.2) is 37.2 Å². The molecule has 0 saturated carbocycles. The number of hydrogen-bond acceptors (Lipinski definition) is 6. The minimum absolute atomic E-state index is 0.0670. The highest BCUT2D eigenvalue weighted by Crippen LogP contribution is 2.18. The first-order valence-electron chi connectivity index (χ1n) is 31.8. The van der Waals surface area contributed by atoms with Crippen LogP contribution in [0.15, 0.2) is 24.3 Å². The van der Waals surface area contributed by atoms with Crippen LogP contribution in [0.2, 0.25) is 0 Å². The summed E-state index contributed by atoms with van der Waals surface area (Å²) in [5, 5.41) is 0. The molecule has 1 atom stereocenters. The van der Waals surface area contributed by atoms with Crippen molar-refractivity contribution in [3.8, 4) is 0 Å². The van der Waals surface area contributed by atoms with Crippen LogP contribution in [0.25, 0.3) is 0 Å². The molecule has 0 saturated heterocycles. The Morgan fingerprint density at radius 3 is 0.803 bits per heavy atom. The van der Waals surface area contributed by atoms with E-state index < -0.39 is 6.10 Å². The smallest absolute Gasteiger partial charge is 0.306 e. The molecule has 418 valence electrons. The molecule has 0 aliphatic rings. The van der Waals surface area contributed by atoms with E-state index in [0.29, 0.717) is 19.3 Å². The summed E-state index contributed by atoms with van der Waals surface area (Å²) in [6.45, 7) is 6.67. The Hall–Kier alpha value is -2.11. The van der Waals surface area contributed by atoms with Gasteiger partial charge < -0.3 is 14.2 Å². The van der Waals surface area contributed by atoms with Crippen LogP contribution in [0.4, 0.5) is 0 Å². The number of hydrogen-bond donors (Lipinski definition) is 0. The molecule has 1 unspecified atom stereocenters. The normalized spacial score (nSPS) is 12.1. The summed E-state index contributed by atoms with van der Waals surface area (Å²) in [6.07, 6.45) is 71.9. The molecule has 0 spiro atoms. The van der Waals surface area contributed by atoms with Crippen molar-refractivity contribution in [1.82, 2.24) is 0 Å². The lowest BCUT2D eigenvalue weighted by Crippen LogP contribution is -2.30. The van der Waals surface area contributed by atoms with Gasteiger partial charge in [-0.05, 0) is 51.4 Å². The van der Waals surface area contributed by atoms with Gasteiger partial charge in [0.1, 0.15) is 13.2 Å². The topological polar surface area (TPSA) is 78.9 Å². The Balaban J connectivity index is 4.22. The van der Waals surface area contributed by atoms with E-state index in [1.54, 1.807) is 0 Å². The molecule has 0 rings (SSSR count).